The van der Waals surface area contributed by atoms with Crippen molar-refractivity contribution in [3.63, 3.8) is 0 Å². The van der Waals surface area contributed by atoms with E-state index in [1.807, 2.05) is 26.0 Å². The van der Waals surface area contributed by atoms with Gasteiger partial charge in [-0.1, -0.05) is 18.6 Å². The highest BCUT2D eigenvalue weighted by atomic mass is 16.4. The molecule has 0 N–H and O–H groups in total. The van der Waals surface area contributed by atoms with Gasteiger partial charge in [0.2, 0.25) is 0 Å². The molecule has 0 fully saturated rings. The summed E-state index contributed by atoms with van der Waals surface area (Å²) in [4.78, 5) is 15.7. The van der Waals surface area contributed by atoms with Crippen molar-refractivity contribution in [1.29, 1.82) is 0 Å². The van der Waals surface area contributed by atoms with Gasteiger partial charge in [-0.25, -0.2) is 9.78 Å². The van der Waals surface area contributed by atoms with Crippen LogP contribution < -0.4 is 5.63 Å². The van der Waals surface area contributed by atoms with Crippen molar-refractivity contribution in [2.45, 2.75) is 20.3 Å². The maximum Gasteiger partial charge on any atom is 0.346 e. The van der Waals surface area contributed by atoms with E-state index in [4.69, 9.17) is 4.42 Å². The van der Waals surface area contributed by atoms with Gasteiger partial charge >= 0.3 is 5.63 Å². The molecule has 0 saturated heterocycles. The summed E-state index contributed by atoms with van der Waals surface area (Å²) in [7, 11) is 0. The van der Waals surface area contributed by atoms with Gasteiger partial charge < -0.3 is 4.42 Å². The summed E-state index contributed by atoms with van der Waals surface area (Å²) < 4.78 is 5.03. The Kier molecular flexibility index (Phi) is 2.08. The molecule has 2 rings (SSSR count). The first-order chi connectivity index (χ1) is 6.70. The SMILES string of the molecule is CCc1nc2ccc(C)cc2c(=O)o1. The van der Waals surface area contributed by atoms with Crippen LogP contribution in [0.2, 0.25) is 0 Å². The van der Waals surface area contributed by atoms with E-state index < -0.39 is 0 Å². The van der Waals surface area contributed by atoms with Crippen molar-refractivity contribution >= 4 is 10.9 Å². The summed E-state index contributed by atoms with van der Waals surface area (Å²) in [6.07, 6.45) is 0.638. The highest BCUT2D eigenvalue weighted by Gasteiger charge is 2.04. The molecule has 0 amide bonds. The molecule has 0 bridgehead atoms. The van der Waals surface area contributed by atoms with E-state index in [2.05, 4.69) is 4.98 Å². The summed E-state index contributed by atoms with van der Waals surface area (Å²) in [6.45, 7) is 3.85. The van der Waals surface area contributed by atoms with Crippen LogP contribution in [0.5, 0.6) is 0 Å². The van der Waals surface area contributed by atoms with Crippen LogP contribution in [0.3, 0.4) is 0 Å². The highest BCUT2D eigenvalue weighted by Crippen LogP contribution is 2.10. The van der Waals surface area contributed by atoms with Crippen molar-refractivity contribution in [3.05, 3.63) is 40.1 Å². The topological polar surface area (TPSA) is 43.1 Å². The molecule has 0 aliphatic carbocycles. The number of nitrogens with zero attached hydrogens (tertiary/aromatic N) is 1. The van der Waals surface area contributed by atoms with Crippen LogP contribution in [0.15, 0.2) is 27.4 Å². The summed E-state index contributed by atoms with van der Waals surface area (Å²) in [6, 6.07) is 5.59. The third-order valence-corrected chi connectivity index (χ3v) is 2.13. The maximum absolute atomic E-state index is 11.5. The van der Waals surface area contributed by atoms with E-state index in [9.17, 15) is 4.79 Å². The molecule has 1 heterocycles. The van der Waals surface area contributed by atoms with Crippen molar-refractivity contribution in [3.8, 4) is 0 Å². The van der Waals surface area contributed by atoms with E-state index in [-0.39, 0.29) is 5.63 Å². The molecule has 1 aromatic heterocycles. The van der Waals surface area contributed by atoms with Crippen molar-refractivity contribution in [1.82, 2.24) is 4.98 Å². The Morgan fingerprint density at radius 1 is 1.43 bits per heavy atom. The van der Waals surface area contributed by atoms with Gasteiger partial charge in [-0.2, -0.15) is 0 Å². The molecule has 0 spiro atoms. The summed E-state index contributed by atoms with van der Waals surface area (Å²) in [5, 5.41) is 0.558. The minimum Gasteiger partial charge on any atom is -0.408 e. The monoisotopic (exact) mass is 189 g/mol. The lowest BCUT2D eigenvalue weighted by Crippen LogP contribution is -2.04. The third kappa shape index (κ3) is 1.41. The lowest BCUT2D eigenvalue weighted by Gasteiger charge is -1.99. The van der Waals surface area contributed by atoms with Gasteiger partial charge in [-0.15, -0.1) is 0 Å². The van der Waals surface area contributed by atoms with Crippen LogP contribution in [-0.2, 0) is 6.42 Å². The van der Waals surface area contributed by atoms with Gasteiger partial charge in [0, 0.05) is 6.42 Å². The molecule has 0 aliphatic heterocycles. The predicted molar refractivity (Wildman–Crippen MR) is 54.4 cm³/mol. The lowest BCUT2D eigenvalue weighted by molar-refractivity contribution is 0.450. The molecular weight excluding hydrogens is 178 g/mol. The van der Waals surface area contributed by atoms with Crippen LogP contribution in [0.4, 0.5) is 0 Å². The first-order valence-corrected chi connectivity index (χ1v) is 4.61. The Labute approximate surface area is 81.4 Å². The van der Waals surface area contributed by atoms with Gasteiger partial charge in [0.1, 0.15) is 0 Å². The highest BCUT2D eigenvalue weighted by molar-refractivity contribution is 5.77. The first-order valence-electron chi connectivity index (χ1n) is 4.61. The Hall–Kier alpha value is -1.64. The second-order valence-electron chi connectivity index (χ2n) is 3.27. The molecule has 2 aromatic rings. The molecule has 14 heavy (non-hydrogen) atoms. The molecule has 3 heteroatoms. The molecule has 72 valence electrons. The zero-order valence-corrected chi connectivity index (χ0v) is 8.20. The lowest BCUT2D eigenvalue weighted by atomic mass is 10.2. The van der Waals surface area contributed by atoms with Crippen molar-refractivity contribution < 1.29 is 4.42 Å². The maximum atomic E-state index is 11.5. The van der Waals surface area contributed by atoms with Crippen LogP contribution in [0.1, 0.15) is 18.4 Å². The third-order valence-electron chi connectivity index (χ3n) is 2.13. The molecule has 0 radical (unpaired) electrons. The van der Waals surface area contributed by atoms with Crippen molar-refractivity contribution in [2.24, 2.45) is 0 Å². The number of aryl methyl sites for hydroxylation is 2. The van der Waals surface area contributed by atoms with E-state index in [1.54, 1.807) is 6.07 Å². The number of benzene rings is 1. The smallest absolute Gasteiger partial charge is 0.346 e. The van der Waals surface area contributed by atoms with Crippen LogP contribution in [0.25, 0.3) is 10.9 Å². The van der Waals surface area contributed by atoms with E-state index in [0.717, 1.165) is 5.56 Å². The largest absolute Gasteiger partial charge is 0.408 e. The summed E-state index contributed by atoms with van der Waals surface area (Å²) in [5.74, 6) is 0.492. The molecule has 0 unspecified atom stereocenters. The standard InChI is InChI=1S/C11H11NO2/c1-3-10-12-9-5-4-7(2)6-8(9)11(13)14-10/h4-6H,3H2,1-2H3. The Morgan fingerprint density at radius 2 is 2.21 bits per heavy atom. The number of fused-ring (bicyclic) bond motifs is 1. The van der Waals surface area contributed by atoms with Crippen molar-refractivity contribution in [2.75, 3.05) is 0 Å². The minimum absolute atomic E-state index is 0.296. The number of hydrogen-bond acceptors (Lipinski definition) is 3. The fraction of sp³-hybridized carbons (Fsp3) is 0.273. The first kappa shape index (κ1) is 8.94. The quantitative estimate of drug-likeness (QED) is 0.689. The zero-order chi connectivity index (χ0) is 10.1. The molecule has 3 nitrogen and oxygen atoms in total. The second-order valence-corrected chi connectivity index (χ2v) is 3.27. The Balaban J connectivity index is 2.83. The van der Waals surface area contributed by atoms with Gasteiger partial charge in [-0.3, -0.25) is 0 Å². The fourth-order valence-electron chi connectivity index (χ4n) is 1.38. The van der Waals surface area contributed by atoms with Gasteiger partial charge in [0.05, 0.1) is 10.9 Å². The van der Waals surface area contributed by atoms with E-state index >= 15 is 0 Å². The number of hydrogen-bond donors (Lipinski definition) is 0. The predicted octanol–water partition coefficient (Wildman–Crippen LogP) is 2.06. The molecular formula is C11H11NO2. The fourth-order valence-corrected chi connectivity index (χ4v) is 1.38. The second kappa shape index (κ2) is 3.25. The van der Waals surface area contributed by atoms with Gasteiger partial charge in [0.25, 0.3) is 0 Å². The Morgan fingerprint density at radius 3 is 2.93 bits per heavy atom. The van der Waals surface area contributed by atoms with E-state index in [1.165, 1.54) is 0 Å². The van der Waals surface area contributed by atoms with Crippen LogP contribution in [0, 0.1) is 6.92 Å². The number of rotatable bonds is 1. The summed E-state index contributed by atoms with van der Waals surface area (Å²) in [5.41, 5.74) is 1.45. The molecule has 0 aliphatic rings. The number of aromatic nitrogens is 1. The Bertz CT molecular complexity index is 528. The van der Waals surface area contributed by atoms with Crippen LogP contribution >= 0.6 is 0 Å². The average molecular weight is 189 g/mol. The normalized spacial score (nSPS) is 10.7. The van der Waals surface area contributed by atoms with Gasteiger partial charge in [-0.05, 0) is 19.1 Å². The van der Waals surface area contributed by atoms with E-state index in [0.29, 0.717) is 23.2 Å². The molecule has 1 aromatic carbocycles. The molecule has 0 saturated carbocycles. The summed E-state index contributed by atoms with van der Waals surface area (Å²) >= 11 is 0. The minimum atomic E-state index is -0.296. The zero-order valence-electron chi connectivity index (χ0n) is 8.20. The average Bonchev–Trinajstić information content (AvgIpc) is 2.19. The van der Waals surface area contributed by atoms with Gasteiger partial charge in [0.15, 0.2) is 5.89 Å². The molecule has 0 atom stereocenters. The van der Waals surface area contributed by atoms with Crippen LogP contribution in [-0.4, -0.2) is 4.98 Å².